The Balaban J connectivity index is 2.29. The summed E-state index contributed by atoms with van der Waals surface area (Å²) in [6, 6.07) is 3.44. The molecular formula is C16H15F2N3O2. The van der Waals surface area contributed by atoms with E-state index in [1.54, 1.807) is 19.9 Å². The molecule has 2 heterocycles. The van der Waals surface area contributed by atoms with Crippen LogP contribution in [-0.2, 0) is 6.42 Å². The molecule has 0 saturated carbocycles. The largest absolute Gasteiger partial charge is 0.505 e. The van der Waals surface area contributed by atoms with Crippen LogP contribution in [0.4, 0.5) is 8.78 Å². The number of aromatic hydroxyl groups is 1. The minimum absolute atomic E-state index is 0.0880. The van der Waals surface area contributed by atoms with E-state index in [0.717, 1.165) is 12.1 Å². The van der Waals surface area contributed by atoms with Crippen LogP contribution < -0.4 is 0 Å². The number of nitrogens with zero attached hydrogens (tertiary/aromatic N) is 3. The molecule has 2 aromatic heterocycles. The van der Waals surface area contributed by atoms with E-state index in [9.17, 15) is 13.9 Å². The lowest BCUT2D eigenvalue weighted by molar-refractivity contribution is 0.393. The van der Waals surface area contributed by atoms with E-state index >= 15 is 0 Å². The number of rotatable bonds is 3. The van der Waals surface area contributed by atoms with Crippen molar-refractivity contribution in [3.63, 3.8) is 0 Å². The summed E-state index contributed by atoms with van der Waals surface area (Å²) in [4.78, 5) is 0. The first kappa shape index (κ1) is 15.2. The van der Waals surface area contributed by atoms with Crippen LogP contribution in [-0.4, -0.2) is 20.0 Å². The van der Waals surface area contributed by atoms with Gasteiger partial charge < -0.3 is 9.63 Å². The minimum Gasteiger partial charge on any atom is -0.505 e. The number of phenols is 1. The van der Waals surface area contributed by atoms with Crippen LogP contribution in [0.5, 0.6) is 5.75 Å². The predicted octanol–water partition coefficient (Wildman–Crippen LogP) is 3.69. The average Bonchev–Trinajstić information content (AvgIpc) is 3.06. The third-order valence-corrected chi connectivity index (χ3v) is 3.66. The second-order valence-corrected chi connectivity index (χ2v) is 5.24. The predicted molar refractivity (Wildman–Crippen MR) is 79.5 cm³/mol. The maximum absolute atomic E-state index is 14.2. The molecule has 0 spiro atoms. The van der Waals surface area contributed by atoms with Crippen LogP contribution in [0, 0.1) is 25.5 Å². The Bertz CT molecular complexity index is 864. The van der Waals surface area contributed by atoms with Gasteiger partial charge in [-0.2, -0.15) is 5.10 Å². The second-order valence-electron chi connectivity index (χ2n) is 5.24. The van der Waals surface area contributed by atoms with Crippen molar-refractivity contribution in [3.8, 4) is 22.7 Å². The van der Waals surface area contributed by atoms with Crippen molar-refractivity contribution in [1.82, 2.24) is 14.9 Å². The SMILES string of the molecule is CCc1cc(-c2c(C)noc2C)n(-c2cc(F)c(O)cc2F)n1. The van der Waals surface area contributed by atoms with Crippen molar-refractivity contribution in [3.05, 3.63) is 47.0 Å². The monoisotopic (exact) mass is 319 g/mol. The number of phenolic OH excluding ortho intramolecular Hbond substituents is 1. The van der Waals surface area contributed by atoms with Gasteiger partial charge in [-0.15, -0.1) is 0 Å². The molecule has 0 bridgehead atoms. The number of hydrogen-bond acceptors (Lipinski definition) is 4. The van der Waals surface area contributed by atoms with E-state index in [1.807, 2.05) is 6.92 Å². The molecule has 5 nitrogen and oxygen atoms in total. The number of benzene rings is 1. The highest BCUT2D eigenvalue weighted by atomic mass is 19.1. The third-order valence-electron chi connectivity index (χ3n) is 3.66. The van der Waals surface area contributed by atoms with Crippen LogP contribution in [0.15, 0.2) is 22.7 Å². The van der Waals surface area contributed by atoms with Gasteiger partial charge in [-0.05, 0) is 26.3 Å². The molecule has 0 saturated heterocycles. The highest BCUT2D eigenvalue weighted by Gasteiger charge is 2.21. The van der Waals surface area contributed by atoms with Gasteiger partial charge in [0.05, 0.1) is 22.6 Å². The first-order chi connectivity index (χ1) is 10.9. The van der Waals surface area contributed by atoms with Crippen molar-refractivity contribution in [2.75, 3.05) is 0 Å². The molecule has 0 aliphatic rings. The molecule has 0 radical (unpaired) electrons. The zero-order valence-electron chi connectivity index (χ0n) is 12.9. The summed E-state index contributed by atoms with van der Waals surface area (Å²) in [7, 11) is 0. The lowest BCUT2D eigenvalue weighted by atomic mass is 10.1. The first-order valence-corrected chi connectivity index (χ1v) is 7.13. The Labute approximate surface area is 131 Å². The zero-order valence-corrected chi connectivity index (χ0v) is 12.9. The van der Waals surface area contributed by atoms with Crippen LogP contribution >= 0.6 is 0 Å². The van der Waals surface area contributed by atoms with Crippen LogP contribution in [0.2, 0.25) is 0 Å². The summed E-state index contributed by atoms with van der Waals surface area (Å²) in [6.07, 6.45) is 0.631. The van der Waals surface area contributed by atoms with Gasteiger partial charge >= 0.3 is 0 Å². The molecule has 1 aromatic carbocycles. The topological polar surface area (TPSA) is 64.1 Å². The molecule has 1 N–H and O–H groups in total. The summed E-state index contributed by atoms with van der Waals surface area (Å²) in [6.45, 7) is 5.42. The molecule has 0 atom stereocenters. The molecule has 3 aromatic rings. The van der Waals surface area contributed by atoms with E-state index in [2.05, 4.69) is 10.3 Å². The van der Waals surface area contributed by atoms with Crippen LogP contribution in [0.25, 0.3) is 16.9 Å². The molecule has 0 unspecified atom stereocenters. The smallest absolute Gasteiger partial charge is 0.167 e. The maximum atomic E-state index is 14.2. The molecule has 23 heavy (non-hydrogen) atoms. The summed E-state index contributed by atoms with van der Waals surface area (Å²) in [5.41, 5.74) is 2.50. The molecule has 0 amide bonds. The second kappa shape index (κ2) is 5.49. The van der Waals surface area contributed by atoms with Crippen molar-refractivity contribution in [2.24, 2.45) is 0 Å². The Hall–Kier alpha value is -2.70. The molecular weight excluding hydrogens is 304 g/mol. The van der Waals surface area contributed by atoms with E-state index in [4.69, 9.17) is 4.52 Å². The van der Waals surface area contributed by atoms with Gasteiger partial charge in [-0.1, -0.05) is 12.1 Å². The minimum atomic E-state index is -0.917. The Morgan fingerprint density at radius 2 is 1.91 bits per heavy atom. The fraction of sp³-hybridized carbons (Fsp3) is 0.250. The van der Waals surface area contributed by atoms with Gasteiger partial charge in [0.2, 0.25) is 0 Å². The molecule has 0 aliphatic heterocycles. The van der Waals surface area contributed by atoms with E-state index < -0.39 is 17.4 Å². The highest BCUT2D eigenvalue weighted by Crippen LogP contribution is 2.32. The third kappa shape index (κ3) is 2.48. The first-order valence-electron chi connectivity index (χ1n) is 7.13. The average molecular weight is 319 g/mol. The lowest BCUT2D eigenvalue weighted by Crippen LogP contribution is -2.04. The molecule has 7 heteroatoms. The number of aryl methyl sites for hydroxylation is 3. The fourth-order valence-corrected chi connectivity index (χ4v) is 2.50. The van der Waals surface area contributed by atoms with E-state index in [-0.39, 0.29) is 5.69 Å². The molecule has 0 fully saturated rings. The summed E-state index contributed by atoms with van der Waals surface area (Å²) < 4.78 is 34.4. The van der Waals surface area contributed by atoms with Crippen molar-refractivity contribution in [1.29, 1.82) is 0 Å². The quantitative estimate of drug-likeness (QED) is 0.799. The fourth-order valence-electron chi connectivity index (χ4n) is 2.50. The van der Waals surface area contributed by atoms with Gasteiger partial charge in [-0.3, -0.25) is 0 Å². The number of aromatic nitrogens is 3. The standard InChI is InChI=1S/C16H15F2N3O2/c1-4-10-5-14(16-8(2)20-23-9(16)3)21(19-10)13-6-12(18)15(22)7-11(13)17/h5-7,22H,4H2,1-3H3. The highest BCUT2D eigenvalue weighted by molar-refractivity contribution is 5.67. The van der Waals surface area contributed by atoms with E-state index in [1.165, 1.54) is 4.68 Å². The molecule has 0 aliphatic carbocycles. The van der Waals surface area contributed by atoms with Gasteiger partial charge in [0, 0.05) is 12.1 Å². The van der Waals surface area contributed by atoms with Crippen molar-refractivity contribution in [2.45, 2.75) is 27.2 Å². The number of halogens is 2. The number of hydrogen-bond donors (Lipinski definition) is 1. The Morgan fingerprint density at radius 1 is 1.17 bits per heavy atom. The van der Waals surface area contributed by atoms with Gasteiger partial charge in [0.25, 0.3) is 0 Å². The zero-order chi connectivity index (χ0) is 16.7. The Kier molecular flexibility index (Phi) is 3.63. The van der Waals surface area contributed by atoms with E-state index in [0.29, 0.717) is 34.8 Å². The van der Waals surface area contributed by atoms with Crippen LogP contribution in [0.3, 0.4) is 0 Å². The van der Waals surface area contributed by atoms with Gasteiger partial charge in [0.15, 0.2) is 17.4 Å². The molecule has 120 valence electrons. The summed E-state index contributed by atoms with van der Waals surface area (Å²) >= 11 is 0. The maximum Gasteiger partial charge on any atom is 0.167 e. The normalized spacial score (nSPS) is 11.2. The summed E-state index contributed by atoms with van der Waals surface area (Å²) in [5.74, 6) is -1.87. The Morgan fingerprint density at radius 3 is 2.52 bits per heavy atom. The lowest BCUT2D eigenvalue weighted by Gasteiger charge is -2.09. The van der Waals surface area contributed by atoms with Crippen LogP contribution in [0.1, 0.15) is 24.1 Å². The van der Waals surface area contributed by atoms with Crippen molar-refractivity contribution < 1.29 is 18.4 Å². The van der Waals surface area contributed by atoms with Crippen molar-refractivity contribution >= 4 is 0 Å². The summed E-state index contributed by atoms with van der Waals surface area (Å²) in [5, 5.41) is 17.5. The van der Waals surface area contributed by atoms with Gasteiger partial charge in [-0.25, -0.2) is 13.5 Å². The molecule has 3 rings (SSSR count). The van der Waals surface area contributed by atoms with Gasteiger partial charge in [0.1, 0.15) is 11.4 Å².